The Balaban J connectivity index is 1.88. The molecule has 0 atom stereocenters. The lowest BCUT2D eigenvalue weighted by atomic mass is 10.1. The van der Waals surface area contributed by atoms with Gasteiger partial charge in [-0.2, -0.15) is 11.8 Å². The van der Waals surface area contributed by atoms with E-state index >= 15 is 0 Å². The fourth-order valence-electron chi connectivity index (χ4n) is 3.41. The van der Waals surface area contributed by atoms with Gasteiger partial charge in [-0.15, -0.1) is 0 Å². The number of hydrogen-bond acceptors (Lipinski definition) is 5. The highest BCUT2D eigenvalue weighted by atomic mass is 32.2. The molecule has 2 heterocycles. The number of carboxylic acid groups (broad SMARTS) is 1. The van der Waals surface area contributed by atoms with Gasteiger partial charge in [-0.25, -0.2) is 9.18 Å². The van der Waals surface area contributed by atoms with Crippen LogP contribution in [0, 0.1) is 12.7 Å². The van der Waals surface area contributed by atoms with Gasteiger partial charge < -0.3 is 15.3 Å². The topological polar surface area (TPSA) is 65.5 Å². The Kier molecular flexibility index (Phi) is 5.09. The van der Waals surface area contributed by atoms with Crippen LogP contribution in [0.5, 0.6) is 0 Å². The second kappa shape index (κ2) is 7.67. The maximum absolute atomic E-state index is 14.0. The van der Waals surface area contributed by atoms with Crippen LogP contribution in [0.3, 0.4) is 0 Å². The number of aromatic carboxylic acids is 1. The zero-order valence-corrected chi connectivity index (χ0v) is 16.2. The maximum Gasteiger partial charge on any atom is 0.337 e. The summed E-state index contributed by atoms with van der Waals surface area (Å²) in [5, 5.41) is 13.5. The predicted molar refractivity (Wildman–Crippen MR) is 113 cm³/mol. The SMILES string of the molecule is Cc1ccc(Nc2c(N3CCSCC3)cnc3ccc(F)cc23)c(C(=O)O)c1. The molecule has 5 nitrogen and oxygen atoms in total. The van der Waals surface area contributed by atoms with Crippen molar-refractivity contribution in [2.45, 2.75) is 6.92 Å². The maximum atomic E-state index is 14.0. The van der Waals surface area contributed by atoms with Crippen molar-refractivity contribution in [3.8, 4) is 0 Å². The van der Waals surface area contributed by atoms with E-state index in [2.05, 4.69) is 15.2 Å². The number of carbonyl (C=O) groups is 1. The second-order valence-corrected chi connectivity index (χ2v) is 7.98. The van der Waals surface area contributed by atoms with E-state index in [0.29, 0.717) is 22.3 Å². The summed E-state index contributed by atoms with van der Waals surface area (Å²) in [6.07, 6.45) is 1.78. The monoisotopic (exact) mass is 397 g/mol. The van der Waals surface area contributed by atoms with Crippen molar-refractivity contribution in [2.75, 3.05) is 34.8 Å². The summed E-state index contributed by atoms with van der Waals surface area (Å²) in [6, 6.07) is 9.70. The number of thioether (sulfide) groups is 1. The summed E-state index contributed by atoms with van der Waals surface area (Å²) in [4.78, 5) is 18.5. The third-order valence-electron chi connectivity index (χ3n) is 4.83. The lowest BCUT2D eigenvalue weighted by Crippen LogP contribution is -2.33. The summed E-state index contributed by atoms with van der Waals surface area (Å²) >= 11 is 1.90. The van der Waals surface area contributed by atoms with E-state index < -0.39 is 5.97 Å². The third kappa shape index (κ3) is 3.62. The number of aromatic nitrogens is 1. The Hall–Kier alpha value is -2.80. The summed E-state index contributed by atoms with van der Waals surface area (Å²) < 4.78 is 14.0. The van der Waals surface area contributed by atoms with Gasteiger partial charge in [-0.3, -0.25) is 4.98 Å². The first-order valence-electron chi connectivity index (χ1n) is 9.05. The van der Waals surface area contributed by atoms with Crippen LogP contribution in [0.4, 0.5) is 21.5 Å². The fourth-order valence-corrected chi connectivity index (χ4v) is 4.31. The first kappa shape index (κ1) is 18.6. The lowest BCUT2D eigenvalue weighted by molar-refractivity contribution is 0.0698. The Morgan fingerprint density at radius 1 is 1.21 bits per heavy atom. The zero-order chi connectivity index (χ0) is 19.7. The molecule has 7 heteroatoms. The molecule has 2 aromatic carbocycles. The summed E-state index contributed by atoms with van der Waals surface area (Å²) in [6.45, 7) is 3.58. The van der Waals surface area contributed by atoms with Gasteiger partial charge in [-0.1, -0.05) is 11.6 Å². The predicted octanol–water partition coefficient (Wildman–Crippen LogP) is 4.68. The van der Waals surface area contributed by atoms with E-state index in [4.69, 9.17) is 0 Å². The number of benzene rings is 2. The molecule has 0 spiro atoms. The van der Waals surface area contributed by atoms with Crippen molar-refractivity contribution < 1.29 is 14.3 Å². The van der Waals surface area contributed by atoms with Gasteiger partial charge in [0.05, 0.1) is 34.3 Å². The molecule has 0 amide bonds. The molecule has 2 N–H and O–H groups in total. The van der Waals surface area contributed by atoms with Gasteiger partial charge in [-0.05, 0) is 37.3 Å². The molecular weight excluding hydrogens is 377 g/mol. The van der Waals surface area contributed by atoms with Gasteiger partial charge in [0.25, 0.3) is 0 Å². The van der Waals surface area contributed by atoms with Crippen LogP contribution in [0.25, 0.3) is 10.9 Å². The number of aryl methyl sites for hydroxylation is 1. The minimum Gasteiger partial charge on any atom is -0.478 e. The molecule has 28 heavy (non-hydrogen) atoms. The van der Waals surface area contributed by atoms with E-state index in [9.17, 15) is 14.3 Å². The molecule has 0 unspecified atom stereocenters. The number of nitrogens with one attached hydrogen (secondary N) is 1. The number of halogens is 1. The van der Waals surface area contributed by atoms with Crippen LogP contribution in [0.15, 0.2) is 42.6 Å². The van der Waals surface area contributed by atoms with Crippen LogP contribution < -0.4 is 10.2 Å². The number of rotatable bonds is 4. The first-order valence-corrected chi connectivity index (χ1v) is 10.2. The van der Waals surface area contributed by atoms with Crippen molar-refractivity contribution >= 4 is 45.7 Å². The minimum atomic E-state index is -1.01. The van der Waals surface area contributed by atoms with Gasteiger partial charge in [0.2, 0.25) is 0 Å². The molecule has 0 saturated carbocycles. The minimum absolute atomic E-state index is 0.182. The molecule has 1 aromatic heterocycles. The van der Waals surface area contributed by atoms with Crippen molar-refractivity contribution in [1.82, 2.24) is 4.98 Å². The molecule has 1 aliphatic rings. The summed E-state index contributed by atoms with van der Waals surface area (Å²) in [5.41, 5.74) is 3.71. The van der Waals surface area contributed by atoms with E-state index in [1.54, 1.807) is 24.4 Å². The number of carboxylic acids is 1. The number of hydrogen-bond donors (Lipinski definition) is 2. The standard InChI is InChI=1S/C21H20FN3O2S/c1-13-2-4-18(16(10-13)21(26)27)24-20-15-11-14(22)3-5-17(15)23-12-19(20)25-6-8-28-9-7-25/h2-5,10-12H,6-9H2,1H3,(H,23,24)(H,26,27). The van der Waals surface area contributed by atoms with E-state index in [1.807, 2.05) is 24.8 Å². The van der Waals surface area contributed by atoms with Gasteiger partial charge in [0, 0.05) is 30.0 Å². The smallest absolute Gasteiger partial charge is 0.337 e. The first-order chi connectivity index (χ1) is 13.5. The number of pyridine rings is 1. The molecular formula is C21H20FN3O2S. The van der Waals surface area contributed by atoms with Crippen LogP contribution in [0.2, 0.25) is 0 Å². The van der Waals surface area contributed by atoms with Gasteiger partial charge in [0.1, 0.15) is 5.82 Å². The number of fused-ring (bicyclic) bond motifs is 1. The Morgan fingerprint density at radius 3 is 2.75 bits per heavy atom. The average Bonchev–Trinajstić information content (AvgIpc) is 2.70. The van der Waals surface area contributed by atoms with Crippen molar-refractivity contribution in [3.05, 3.63) is 59.5 Å². The van der Waals surface area contributed by atoms with Crippen LogP contribution in [-0.4, -0.2) is 40.7 Å². The van der Waals surface area contributed by atoms with E-state index in [1.165, 1.54) is 12.1 Å². The summed E-state index contributed by atoms with van der Waals surface area (Å²) in [7, 11) is 0. The fraction of sp³-hybridized carbons (Fsp3) is 0.238. The molecule has 0 bridgehead atoms. The quantitative estimate of drug-likeness (QED) is 0.667. The van der Waals surface area contributed by atoms with Crippen molar-refractivity contribution in [1.29, 1.82) is 0 Å². The number of nitrogens with zero attached hydrogens (tertiary/aromatic N) is 2. The molecule has 4 rings (SSSR count). The molecule has 144 valence electrons. The molecule has 0 radical (unpaired) electrons. The highest BCUT2D eigenvalue weighted by Gasteiger charge is 2.20. The van der Waals surface area contributed by atoms with Crippen molar-refractivity contribution in [2.24, 2.45) is 0 Å². The second-order valence-electron chi connectivity index (χ2n) is 6.76. The van der Waals surface area contributed by atoms with Gasteiger partial charge >= 0.3 is 5.97 Å². The van der Waals surface area contributed by atoms with Crippen LogP contribution in [-0.2, 0) is 0 Å². The number of anilines is 3. The Morgan fingerprint density at radius 2 is 2.00 bits per heavy atom. The molecule has 1 aliphatic heterocycles. The molecule has 1 fully saturated rings. The zero-order valence-electron chi connectivity index (χ0n) is 15.4. The summed E-state index contributed by atoms with van der Waals surface area (Å²) in [5.74, 6) is 0.648. The average molecular weight is 397 g/mol. The molecule has 3 aromatic rings. The molecule has 1 saturated heterocycles. The van der Waals surface area contributed by atoms with Crippen LogP contribution >= 0.6 is 11.8 Å². The van der Waals surface area contributed by atoms with Gasteiger partial charge in [0.15, 0.2) is 0 Å². The van der Waals surface area contributed by atoms with E-state index in [-0.39, 0.29) is 11.4 Å². The highest BCUT2D eigenvalue weighted by Crippen LogP contribution is 2.37. The van der Waals surface area contributed by atoms with Crippen molar-refractivity contribution in [3.63, 3.8) is 0 Å². The normalized spacial score (nSPS) is 14.3. The molecule has 0 aliphatic carbocycles. The Bertz CT molecular complexity index is 1050. The van der Waals surface area contributed by atoms with E-state index in [0.717, 1.165) is 35.8 Å². The Labute approximate surface area is 166 Å². The lowest BCUT2D eigenvalue weighted by Gasteiger charge is -2.31. The van der Waals surface area contributed by atoms with Crippen LogP contribution in [0.1, 0.15) is 15.9 Å². The highest BCUT2D eigenvalue weighted by molar-refractivity contribution is 7.99. The largest absolute Gasteiger partial charge is 0.478 e. The third-order valence-corrected chi connectivity index (χ3v) is 5.77.